The van der Waals surface area contributed by atoms with Crippen LogP contribution in [0.5, 0.6) is 0 Å². The van der Waals surface area contributed by atoms with Crippen LogP contribution in [0.2, 0.25) is 0 Å². The van der Waals surface area contributed by atoms with Crippen LogP contribution in [-0.4, -0.2) is 18.0 Å². The van der Waals surface area contributed by atoms with E-state index in [1.165, 1.54) is 65.5 Å². The fourth-order valence-corrected chi connectivity index (χ4v) is 9.11. The molecule has 0 aromatic heterocycles. The summed E-state index contributed by atoms with van der Waals surface area (Å²) in [6, 6.07) is 0. The molecule has 1 nitrogen and oxygen atoms in total. The van der Waals surface area contributed by atoms with Crippen molar-refractivity contribution in [2.45, 2.75) is 86.5 Å². The van der Waals surface area contributed by atoms with Gasteiger partial charge in [0.05, 0.1) is 0 Å². The lowest BCUT2D eigenvalue weighted by Gasteiger charge is -2.58. The smallest absolute Gasteiger partial charge is 0.0355 e. The van der Waals surface area contributed by atoms with Gasteiger partial charge in [0.2, 0.25) is 0 Å². The first-order valence-corrected chi connectivity index (χ1v) is 15.1. The summed E-state index contributed by atoms with van der Waals surface area (Å²) < 4.78 is 0. The molecule has 6 atom stereocenters. The molecular formula is C37H53N. The molecule has 0 aromatic carbocycles. The molecular weight excluding hydrogens is 458 g/mol. The molecule has 4 aliphatic carbocycles. The van der Waals surface area contributed by atoms with Crippen molar-refractivity contribution < 1.29 is 0 Å². The summed E-state index contributed by atoms with van der Waals surface area (Å²) in [6.07, 6.45) is 14.8. The maximum Gasteiger partial charge on any atom is 0.0355 e. The Bertz CT molecular complexity index is 1130. The van der Waals surface area contributed by atoms with Gasteiger partial charge in [-0.2, -0.15) is 0 Å². The molecule has 0 spiro atoms. The number of rotatable bonds is 9. The van der Waals surface area contributed by atoms with Crippen molar-refractivity contribution in [1.82, 2.24) is 4.90 Å². The van der Waals surface area contributed by atoms with Crippen molar-refractivity contribution >= 4 is 0 Å². The number of allylic oxidation sites excluding steroid dienone is 8. The van der Waals surface area contributed by atoms with E-state index in [0.717, 1.165) is 31.8 Å². The van der Waals surface area contributed by atoms with E-state index < -0.39 is 0 Å². The Kier molecular flexibility index (Phi) is 8.09. The van der Waals surface area contributed by atoms with Crippen LogP contribution in [0.15, 0.2) is 95.8 Å². The van der Waals surface area contributed by atoms with Gasteiger partial charge in [-0.05, 0) is 115 Å². The Morgan fingerprint density at radius 2 is 1.76 bits per heavy atom. The molecule has 0 amide bonds. The van der Waals surface area contributed by atoms with Gasteiger partial charge < -0.3 is 4.90 Å². The minimum Gasteiger partial charge on any atom is -0.369 e. The predicted octanol–water partition coefficient (Wildman–Crippen LogP) is 10.1. The van der Waals surface area contributed by atoms with Gasteiger partial charge in [-0.3, -0.25) is 0 Å². The Morgan fingerprint density at radius 1 is 1.11 bits per heavy atom. The van der Waals surface area contributed by atoms with Crippen molar-refractivity contribution in [3.63, 3.8) is 0 Å². The SMILES string of the molecule is C=CCN(/C=C1\C(=C)C[C@H](CCC)C2(C)C1=C(C)C(=C)C1=C2[C@H](CC(=C)C)CC2(C)C(C)CC[C@@H]12)CC=C. The first-order valence-electron chi connectivity index (χ1n) is 15.1. The minimum atomic E-state index is -0.00899. The van der Waals surface area contributed by atoms with Crippen molar-refractivity contribution in [2.24, 2.45) is 34.5 Å². The normalized spacial score (nSPS) is 35.7. The summed E-state index contributed by atoms with van der Waals surface area (Å²) in [7, 11) is 0. The average molecular weight is 512 g/mol. The van der Waals surface area contributed by atoms with E-state index in [0.29, 0.717) is 23.2 Å². The molecule has 3 unspecified atom stereocenters. The standard InChI is InChI=1S/C37H53N/c1-12-15-30-21-25(6)31(23-38(18-13-2)19-14-3)34-28(9)27(8)33-32-17-16-26(7)36(32,10)22-29(20-24(4)5)35(33)37(30,34)11/h13-14,23,26,29-30,32H,2-4,6,8,12,15-22H2,1,5,7,9-11H3/b31-23+/t26?,29-,30+,32+,36?,37?/m1/s1. The lowest BCUT2D eigenvalue weighted by atomic mass is 9.45. The summed E-state index contributed by atoms with van der Waals surface area (Å²) in [6.45, 7) is 38.3. The third-order valence-corrected chi connectivity index (χ3v) is 11.0. The molecule has 0 N–H and O–H groups in total. The second kappa shape index (κ2) is 10.7. The monoisotopic (exact) mass is 511 g/mol. The molecule has 4 aliphatic rings. The van der Waals surface area contributed by atoms with Crippen molar-refractivity contribution in [1.29, 1.82) is 0 Å². The Balaban J connectivity index is 2.01. The summed E-state index contributed by atoms with van der Waals surface area (Å²) in [4.78, 5) is 2.33. The third kappa shape index (κ3) is 4.39. The first kappa shape index (κ1) is 28.7. The number of hydrogen-bond acceptors (Lipinski definition) is 1. The molecule has 206 valence electrons. The van der Waals surface area contributed by atoms with Crippen LogP contribution in [0.3, 0.4) is 0 Å². The van der Waals surface area contributed by atoms with E-state index in [9.17, 15) is 0 Å². The highest BCUT2D eigenvalue weighted by atomic mass is 15.1. The Morgan fingerprint density at radius 3 is 2.34 bits per heavy atom. The van der Waals surface area contributed by atoms with Gasteiger partial charge in [0, 0.05) is 24.7 Å². The molecule has 0 aromatic rings. The fraction of sp³-hybridized carbons (Fsp3) is 0.568. The summed E-state index contributed by atoms with van der Waals surface area (Å²) >= 11 is 0. The van der Waals surface area contributed by atoms with E-state index in [2.05, 4.69) is 79.0 Å². The lowest BCUT2D eigenvalue weighted by Crippen LogP contribution is -2.48. The lowest BCUT2D eigenvalue weighted by molar-refractivity contribution is 0.109. The highest BCUT2D eigenvalue weighted by Crippen LogP contribution is 2.69. The maximum absolute atomic E-state index is 4.87. The van der Waals surface area contributed by atoms with E-state index in [1.54, 1.807) is 11.1 Å². The second-order valence-electron chi connectivity index (χ2n) is 13.5. The van der Waals surface area contributed by atoms with Crippen LogP contribution in [0.4, 0.5) is 0 Å². The Hall–Kier alpha value is -2.28. The van der Waals surface area contributed by atoms with Crippen molar-refractivity contribution in [2.75, 3.05) is 13.1 Å². The second-order valence-corrected chi connectivity index (χ2v) is 13.5. The zero-order valence-electron chi connectivity index (χ0n) is 25.4. The van der Waals surface area contributed by atoms with Gasteiger partial charge in [-0.15, -0.1) is 19.7 Å². The molecule has 0 aliphatic heterocycles. The summed E-state index contributed by atoms with van der Waals surface area (Å²) in [5, 5.41) is 0. The van der Waals surface area contributed by atoms with Gasteiger partial charge in [-0.1, -0.05) is 70.6 Å². The minimum absolute atomic E-state index is 0.00899. The van der Waals surface area contributed by atoms with E-state index in [1.807, 2.05) is 12.2 Å². The van der Waals surface area contributed by atoms with Gasteiger partial charge in [0.15, 0.2) is 0 Å². The quantitative estimate of drug-likeness (QED) is 0.278. The van der Waals surface area contributed by atoms with Crippen LogP contribution in [-0.2, 0) is 0 Å². The van der Waals surface area contributed by atoms with Gasteiger partial charge in [0.25, 0.3) is 0 Å². The van der Waals surface area contributed by atoms with E-state index in [-0.39, 0.29) is 5.41 Å². The van der Waals surface area contributed by atoms with Crippen molar-refractivity contribution in [3.8, 4) is 0 Å². The molecule has 2 saturated carbocycles. The first-order chi connectivity index (χ1) is 17.9. The van der Waals surface area contributed by atoms with Crippen LogP contribution >= 0.6 is 0 Å². The molecule has 0 saturated heterocycles. The maximum atomic E-state index is 4.87. The largest absolute Gasteiger partial charge is 0.369 e. The van der Waals surface area contributed by atoms with Crippen LogP contribution in [0.25, 0.3) is 0 Å². The molecule has 0 bridgehead atoms. The topological polar surface area (TPSA) is 3.24 Å². The fourth-order valence-electron chi connectivity index (χ4n) is 9.11. The molecule has 38 heavy (non-hydrogen) atoms. The van der Waals surface area contributed by atoms with Crippen LogP contribution < -0.4 is 0 Å². The molecule has 2 fully saturated rings. The molecule has 0 radical (unpaired) electrons. The van der Waals surface area contributed by atoms with Crippen molar-refractivity contribution in [3.05, 3.63) is 95.8 Å². The predicted molar refractivity (Wildman–Crippen MR) is 167 cm³/mol. The average Bonchev–Trinajstić information content (AvgIpc) is 3.13. The highest BCUT2D eigenvalue weighted by molar-refractivity contribution is 5.69. The molecule has 4 rings (SSSR count). The molecule has 1 heteroatoms. The molecule has 0 heterocycles. The van der Waals surface area contributed by atoms with Gasteiger partial charge in [0.1, 0.15) is 0 Å². The summed E-state index contributed by atoms with van der Waals surface area (Å²) in [5.74, 6) is 2.45. The highest BCUT2D eigenvalue weighted by Gasteiger charge is 2.59. The zero-order chi connectivity index (χ0) is 28.0. The third-order valence-electron chi connectivity index (χ3n) is 11.0. The summed E-state index contributed by atoms with van der Waals surface area (Å²) in [5.41, 5.74) is 11.8. The van der Waals surface area contributed by atoms with Gasteiger partial charge >= 0.3 is 0 Å². The van der Waals surface area contributed by atoms with E-state index >= 15 is 0 Å². The number of fused-ring (bicyclic) bond motifs is 4. The van der Waals surface area contributed by atoms with E-state index in [4.69, 9.17) is 6.58 Å². The zero-order valence-corrected chi connectivity index (χ0v) is 25.4. The Labute approximate surface area is 234 Å². The van der Waals surface area contributed by atoms with Crippen LogP contribution in [0.1, 0.15) is 86.5 Å². The van der Waals surface area contributed by atoms with Crippen LogP contribution in [0, 0.1) is 34.5 Å². The number of nitrogens with zero attached hydrogens (tertiary/aromatic N) is 1. The number of hydrogen-bond donors (Lipinski definition) is 0. The van der Waals surface area contributed by atoms with Gasteiger partial charge in [-0.25, -0.2) is 0 Å².